The highest BCUT2D eigenvalue weighted by Gasteiger charge is 2.38. The molecule has 0 aromatic heterocycles. The van der Waals surface area contributed by atoms with Crippen molar-refractivity contribution in [2.24, 2.45) is 17.6 Å². The van der Waals surface area contributed by atoms with Gasteiger partial charge in [-0.3, -0.25) is 4.79 Å². The fourth-order valence-corrected chi connectivity index (χ4v) is 3.80. The minimum atomic E-state index is 0.118. The van der Waals surface area contributed by atoms with Crippen LogP contribution in [-0.2, 0) is 0 Å². The first-order valence-corrected chi connectivity index (χ1v) is 7.73. The molecule has 3 nitrogen and oxygen atoms in total. The molecule has 108 valence electrons. The SMILES string of the molecule is Cc1ccc(Cl)cc1C(=O)N1C[C@H]2CCC(N)C[C@H]2C1. The van der Waals surface area contributed by atoms with Gasteiger partial charge in [-0.25, -0.2) is 0 Å². The molecule has 4 heteroatoms. The van der Waals surface area contributed by atoms with E-state index in [4.69, 9.17) is 17.3 Å². The molecule has 0 radical (unpaired) electrons. The molecule has 3 rings (SSSR count). The molecule has 1 aliphatic carbocycles. The number of aryl methyl sites for hydroxylation is 1. The van der Waals surface area contributed by atoms with E-state index in [1.807, 2.05) is 24.0 Å². The Balaban J connectivity index is 1.77. The summed E-state index contributed by atoms with van der Waals surface area (Å²) in [6.07, 6.45) is 3.31. The number of hydrogen-bond donors (Lipinski definition) is 1. The molecule has 1 aliphatic heterocycles. The van der Waals surface area contributed by atoms with Gasteiger partial charge < -0.3 is 10.6 Å². The molecule has 2 aliphatic rings. The number of likely N-dealkylation sites (tertiary alicyclic amines) is 1. The zero-order valence-corrected chi connectivity index (χ0v) is 12.6. The molecule has 1 amide bonds. The number of fused-ring (bicyclic) bond motifs is 1. The normalized spacial score (nSPS) is 29.4. The highest BCUT2D eigenvalue weighted by molar-refractivity contribution is 6.31. The molecular formula is C16H21ClN2O. The summed E-state index contributed by atoms with van der Waals surface area (Å²) in [5.41, 5.74) is 7.77. The molecule has 1 aromatic carbocycles. The summed E-state index contributed by atoms with van der Waals surface area (Å²) in [6, 6.07) is 5.84. The van der Waals surface area contributed by atoms with Crippen LogP contribution < -0.4 is 5.73 Å². The van der Waals surface area contributed by atoms with Gasteiger partial charge in [0.15, 0.2) is 0 Å². The van der Waals surface area contributed by atoms with E-state index in [9.17, 15) is 4.79 Å². The van der Waals surface area contributed by atoms with Gasteiger partial charge in [-0.15, -0.1) is 0 Å². The predicted molar refractivity (Wildman–Crippen MR) is 80.9 cm³/mol. The zero-order chi connectivity index (χ0) is 14.3. The van der Waals surface area contributed by atoms with Crippen LogP contribution in [0.2, 0.25) is 5.02 Å². The average molecular weight is 293 g/mol. The molecule has 2 N–H and O–H groups in total. The summed E-state index contributed by atoms with van der Waals surface area (Å²) in [7, 11) is 0. The Morgan fingerprint density at radius 1 is 1.30 bits per heavy atom. The van der Waals surface area contributed by atoms with Crippen molar-refractivity contribution in [1.82, 2.24) is 4.90 Å². The highest BCUT2D eigenvalue weighted by Crippen LogP contribution is 2.36. The number of nitrogens with two attached hydrogens (primary N) is 1. The van der Waals surface area contributed by atoms with Gasteiger partial charge in [0, 0.05) is 29.7 Å². The Morgan fingerprint density at radius 3 is 2.85 bits per heavy atom. The largest absolute Gasteiger partial charge is 0.338 e. The lowest BCUT2D eigenvalue weighted by Gasteiger charge is -2.27. The van der Waals surface area contributed by atoms with Crippen molar-refractivity contribution >= 4 is 17.5 Å². The quantitative estimate of drug-likeness (QED) is 0.865. The van der Waals surface area contributed by atoms with Crippen molar-refractivity contribution in [2.75, 3.05) is 13.1 Å². The van der Waals surface area contributed by atoms with E-state index in [-0.39, 0.29) is 5.91 Å². The molecule has 0 spiro atoms. The van der Waals surface area contributed by atoms with Gasteiger partial charge in [-0.2, -0.15) is 0 Å². The Bertz CT molecular complexity index is 531. The number of carbonyl (C=O) groups excluding carboxylic acids is 1. The molecule has 2 fully saturated rings. The third kappa shape index (κ3) is 2.57. The van der Waals surface area contributed by atoms with Crippen molar-refractivity contribution < 1.29 is 4.79 Å². The molecule has 1 saturated heterocycles. The van der Waals surface area contributed by atoms with Crippen molar-refractivity contribution in [2.45, 2.75) is 32.2 Å². The Kier molecular flexibility index (Phi) is 3.74. The maximum absolute atomic E-state index is 12.7. The third-order valence-corrected chi connectivity index (χ3v) is 5.04. The van der Waals surface area contributed by atoms with Gasteiger partial charge in [0.05, 0.1) is 0 Å². The van der Waals surface area contributed by atoms with Gasteiger partial charge in [0.2, 0.25) is 0 Å². The van der Waals surface area contributed by atoms with E-state index in [1.54, 1.807) is 6.07 Å². The minimum Gasteiger partial charge on any atom is -0.338 e. The summed E-state index contributed by atoms with van der Waals surface area (Å²) in [5.74, 6) is 1.34. The first-order chi connectivity index (χ1) is 9.54. The maximum Gasteiger partial charge on any atom is 0.254 e. The molecule has 20 heavy (non-hydrogen) atoms. The lowest BCUT2D eigenvalue weighted by Crippen LogP contribution is -2.32. The molecule has 1 aromatic rings. The fraction of sp³-hybridized carbons (Fsp3) is 0.562. The van der Waals surface area contributed by atoms with Gasteiger partial charge in [0.25, 0.3) is 5.91 Å². The number of nitrogens with zero attached hydrogens (tertiary/aromatic N) is 1. The summed E-state index contributed by atoms with van der Waals surface area (Å²) in [6.45, 7) is 3.69. The lowest BCUT2D eigenvalue weighted by atomic mass is 9.79. The second-order valence-electron chi connectivity index (χ2n) is 6.26. The molecule has 0 bridgehead atoms. The number of rotatable bonds is 1. The molecule has 3 atom stereocenters. The summed E-state index contributed by atoms with van der Waals surface area (Å²) < 4.78 is 0. The topological polar surface area (TPSA) is 46.3 Å². The smallest absolute Gasteiger partial charge is 0.254 e. The first-order valence-electron chi connectivity index (χ1n) is 7.35. The van der Waals surface area contributed by atoms with Crippen molar-refractivity contribution in [3.05, 3.63) is 34.3 Å². The summed E-state index contributed by atoms with van der Waals surface area (Å²) in [5, 5.41) is 0.623. The van der Waals surface area contributed by atoms with Crippen LogP contribution in [0.1, 0.15) is 35.2 Å². The van der Waals surface area contributed by atoms with E-state index >= 15 is 0 Å². The van der Waals surface area contributed by atoms with E-state index in [0.29, 0.717) is 22.9 Å². The lowest BCUT2D eigenvalue weighted by molar-refractivity contribution is 0.0783. The second-order valence-corrected chi connectivity index (χ2v) is 6.70. The van der Waals surface area contributed by atoms with E-state index in [1.165, 1.54) is 0 Å². The van der Waals surface area contributed by atoms with Gasteiger partial charge in [0.1, 0.15) is 0 Å². The monoisotopic (exact) mass is 292 g/mol. The average Bonchev–Trinajstić information content (AvgIpc) is 2.83. The van der Waals surface area contributed by atoms with Crippen LogP contribution in [0.25, 0.3) is 0 Å². The summed E-state index contributed by atoms with van der Waals surface area (Å²) >= 11 is 6.02. The third-order valence-electron chi connectivity index (χ3n) is 4.81. The maximum atomic E-state index is 12.7. The van der Waals surface area contributed by atoms with E-state index < -0.39 is 0 Å². The first kappa shape index (κ1) is 13.9. The number of carbonyl (C=O) groups is 1. The predicted octanol–water partition coefficient (Wildman–Crippen LogP) is 2.85. The van der Waals surface area contributed by atoms with Crippen molar-refractivity contribution in [3.63, 3.8) is 0 Å². The molecular weight excluding hydrogens is 272 g/mol. The van der Waals surface area contributed by atoms with Crippen LogP contribution in [0.4, 0.5) is 0 Å². The van der Waals surface area contributed by atoms with Gasteiger partial charge >= 0.3 is 0 Å². The van der Waals surface area contributed by atoms with Crippen molar-refractivity contribution in [1.29, 1.82) is 0 Å². The van der Waals surface area contributed by atoms with Crippen molar-refractivity contribution in [3.8, 4) is 0 Å². The van der Waals surface area contributed by atoms with Crippen LogP contribution >= 0.6 is 11.6 Å². The van der Waals surface area contributed by atoms with Crippen LogP contribution in [0.15, 0.2) is 18.2 Å². The molecule has 1 saturated carbocycles. The fourth-order valence-electron chi connectivity index (χ4n) is 3.63. The van der Waals surface area contributed by atoms with Gasteiger partial charge in [-0.05, 0) is 55.7 Å². The van der Waals surface area contributed by atoms with E-state index in [0.717, 1.165) is 43.5 Å². The highest BCUT2D eigenvalue weighted by atomic mass is 35.5. The number of benzene rings is 1. The van der Waals surface area contributed by atoms with Crippen LogP contribution in [0.3, 0.4) is 0 Å². The minimum absolute atomic E-state index is 0.118. The Morgan fingerprint density at radius 2 is 2.05 bits per heavy atom. The molecule has 1 unspecified atom stereocenters. The number of hydrogen-bond acceptors (Lipinski definition) is 2. The van der Waals surface area contributed by atoms with Crippen LogP contribution in [-0.4, -0.2) is 29.9 Å². The van der Waals surface area contributed by atoms with Gasteiger partial charge in [-0.1, -0.05) is 17.7 Å². The molecule has 1 heterocycles. The standard InChI is InChI=1S/C16H21ClN2O/c1-10-2-4-13(17)7-15(10)16(20)19-8-11-3-5-14(18)6-12(11)9-19/h2,4,7,11-12,14H,3,5-6,8-9,18H2,1H3/t11-,12+,14?/m1/s1. The number of amides is 1. The Labute approximate surface area is 125 Å². The van der Waals surface area contributed by atoms with E-state index in [2.05, 4.69) is 0 Å². The summed E-state index contributed by atoms with van der Waals surface area (Å²) in [4.78, 5) is 14.7. The zero-order valence-electron chi connectivity index (χ0n) is 11.8. The second kappa shape index (κ2) is 5.38. The Hall–Kier alpha value is -1.06. The van der Waals surface area contributed by atoms with Crippen LogP contribution in [0.5, 0.6) is 0 Å². The number of halogens is 1. The van der Waals surface area contributed by atoms with Crippen LogP contribution in [0, 0.1) is 18.8 Å².